The molecule has 5 rings (SSSR count). The van der Waals surface area contributed by atoms with Gasteiger partial charge in [-0.15, -0.1) is 0 Å². The number of hydrogen-bond donors (Lipinski definition) is 3. The fourth-order valence-corrected chi connectivity index (χ4v) is 5.91. The zero-order valence-corrected chi connectivity index (χ0v) is 23.6. The van der Waals surface area contributed by atoms with Crippen molar-refractivity contribution in [3.8, 4) is 11.1 Å². The van der Waals surface area contributed by atoms with Crippen molar-refractivity contribution in [2.24, 2.45) is 0 Å². The number of urea groups is 1. The second-order valence-electron chi connectivity index (χ2n) is 9.81. The molecule has 0 saturated heterocycles. The number of halogens is 3. The topological polar surface area (TPSA) is 117 Å². The van der Waals surface area contributed by atoms with E-state index in [0.717, 1.165) is 31.0 Å². The Morgan fingerprint density at radius 1 is 0.952 bits per heavy atom. The number of pyridine rings is 1. The standard InChI is InChI=1S/C30H25ClF2N4O4S/c31-25-8-1-2-9-27(25)42(40,41)37-30(39)36-26(15-18-13-21(32)17-22(33)14-18)28-24(7-4-12-34-28)19-5-3-6-20(16-19)29(38)35-23-10-11-23/h1-9,12-14,16-17,23,26H,10-11,15H2,(H,35,38)(H2,36,37,39)/t26-/m1/s1. The Morgan fingerprint density at radius 3 is 2.40 bits per heavy atom. The van der Waals surface area contributed by atoms with Gasteiger partial charge in [0.15, 0.2) is 0 Å². The molecular formula is C30H25ClF2N4O4S. The minimum Gasteiger partial charge on any atom is -0.349 e. The van der Waals surface area contributed by atoms with Crippen LogP contribution in [0.25, 0.3) is 11.1 Å². The molecular weight excluding hydrogens is 586 g/mol. The number of hydrogen-bond acceptors (Lipinski definition) is 5. The Balaban J connectivity index is 1.49. The van der Waals surface area contributed by atoms with Gasteiger partial charge in [0.2, 0.25) is 0 Å². The maximum Gasteiger partial charge on any atom is 0.329 e. The van der Waals surface area contributed by atoms with E-state index in [4.69, 9.17) is 11.6 Å². The quantitative estimate of drug-likeness (QED) is 0.230. The van der Waals surface area contributed by atoms with Crippen LogP contribution in [0.5, 0.6) is 0 Å². The SMILES string of the molecule is O=C(N[C@H](Cc1cc(F)cc(F)c1)c1ncccc1-c1cccc(C(=O)NC2CC2)c1)NS(=O)(=O)c1ccccc1Cl. The Labute approximate surface area is 246 Å². The molecule has 1 aliphatic rings. The molecule has 0 aliphatic heterocycles. The highest BCUT2D eigenvalue weighted by atomic mass is 35.5. The van der Waals surface area contributed by atoms with Crippen LogP contribution >= 0.6 is 11.6 Å². The molecule has 3 aromatic carbocycles. The second-order valence-corrected chi connectivity index (χ2v) is 11.9. The van der Waals surface area contributed by atoms with Crippen LogP contribution in [0, 0.1) is 11.6 Å². The zero-order chi connectivity index (χ0) is 29.9. The van der Waals surface area contributed by atoms with Gasteiger partial charge in [0.25, 0.3) is 15.9 Å². The van der Waals surface area contributed by atoms with Crippen molar-refractivity contribution in [1.82, 2.24) is 20.3 Å². The molecule has 1 aliphatic carbocycles. The van der Waals surface area contributed by atoms with Crippen molar-refractivity contribution >= 4 is 33.6 Å². The number of carbonyl (C=O) groups is 2. The number of aromatic nitrogens is 1. The van der Waals surface area contributed by atoms with Gasteiger partial charge in [-0.2, -0.15) is 0 Å². The van der Waals surface area contributed by atoms with Gasteiger partial charge >= 0.3 is 6.03 Å². The molecule has 0 radical (unpaired) electrons. The number of sulfonamides is 1. The molecule has 3 N–H and O–H groups in total. The predicted molar refractivity (Wildman–Crippen MR) is 153 cm³/mol. The van der Waals surface area contributed by atoms with E-state index >= 15 is 0 Å². The van der Waals surface area contributed by atoms with Gasteiger partial charge in [0, 0.05) is 29.4 Å². The van der Waals surface area contributed by atoms with Gasteiger partial charge in [-0.3, -0.25) is 9.78 Å². The molecule has 4 aromatic rings. The summed E-state index contributed by atoms with van der Waals surface area (Å²) in [6.45, 7) is 0. The Hall–Kier alpha value is -4.35. The van der Waals surface area contributed by atoms with Crippen LogP contribution in [-0.2, 0) is 16.4 Å². The molecule has 1 fully saturated rings. The molecule has 1 aromatic heterocycles. The summed E-state index contributed by atoms with van der Waals surface area (Å²) in [6, 6.07) is 16.8. The minimum atomic E-state index is -4.37. The lowest BCUT2D eigenvalue weighted by Crippen LogP contribution is -2.42. The first-order valence-electron chi connectivity index (χ1n) is 13.0. The molecule has 1 saturated carbocycles. The van der Waals surface area contributed by atoms with Crippen LogP contribution in [0.2, 0.25) is 5.02 Å². The highest BCUT2D eigenvalue weighted by molar-refractivity contribution is 7.90. The average Bonchev–Trinajstić information content (AvgIpc) is 3.76. The summed E-state index contributed by atoms with van der Waals surface area (Å²) in [5, 5.41) is 5.45. The van der Waals surface area contributed by atoms with Gasteiger partial charge in [-0.05, 0) is 72.9 Å². The van der Waals surface area contributed by atoms with Crippen molar-refractivity contribution in [2.75, 3.05) is 0 Å². The van der Waals surface area contributed by atoms with Crippen LogP contribution < -0.4 is 15.4 Å². The van der Waals surface area contributed by atoms with E-state index < -0.39 is 33.7 Å². The summed E-state index contributed by atoms with van der Waals surface area (Å²) >= 11 is 6.03. The summed E-state index contributed by atoms with van der Waals surface area (Å²) in [5.74, 6) is -1.85. The maximum atomic E-state index is 14.1. The zero-order valence-electron chi connectivity index (χ0n) is 22.0. The van der Waals surface area contributed by atoms with Crippen molar-refractivity contribution < 1.29 is 26.8 Å². The molecule has 1 atom stereocenters. The highest BCUT2D eigenvalue weighted by Crippen LogP contribution is 2.30. The number of nitrogens with zero attached hydrogens (tertiary/aromatic N) is 1. The summed E-state index contributed by atoms with van der Waals surface area (Å²) in [7, 11) is -4.37. The van der Waals surface area contributed by atoms with Gasteiger partial charge in [-0.1, -0.05) is 41.9 Å². The highest BCUT2D eigenvalue weighted by Gasteiger charge is 2.27. The third-order valence-corrected chi connectivity index (χ3v) is 8.37. The van der Waals surface area contributed by atoms with E-state index in [2.05, 4.69) is 15.6 Å². The Kier molecular flexibility index (Phi) is 8.51. The summed E-state index contributed by atoms with van der Waals surface area (Å²) < 4.78 is 55.9. The number of nitrogens with one attached hydrogen (secondary N) is 3. The number of amides is 3. The first-order valence-corrected chi connectivity index (χ1v) is 14.8. The summed E-state index contributed by atoms with van der Waals surface area (Å²) in [4.78, 5) is 29.9. The fraction of sp³-hybridized carbons (Fsp3) is 0.167. The van der Waals surface area contributed by atoms with E-state index in [1.807, 2.05) is 4.72 Å². The van der Waals surface area contributed by atoms with Crippen molar-refractivity contribution in [1.29, 1.82) is 0 Å². The normalized spacial score (nSPS) is 13.7. The minimum absolute atomic E-state index is 0.0813. The summed E-state index contributed by atoms with van der Waals surface area (Å²) in [6.07, 6.45) is 3.20. The van der Waals surface area contributed by atoms with Crippen LogP contribution in [-0.4, -0.2) is 31.4 Å². The van der Waals surface area contributed by atoms with Gasteiger partial charge in [-0.25, -0.2) is 26.7 Å². The van der Waals surface area contributed by atoms with Gasteiger partial charge in [0.1, 0.15) is 16.5 Å². The smallest absolute Gasteiger partial charge is 0.329 e. The van der Waals surface area contributed by atoms with Crippen LogP contribution in [0.15, 0.2) is 90.0 Å². The van der Waals surface area contributed by atoms with Crippen molar-refractivity contribution in [3.63, 3.8) is 0 Å². The lowest BCUT2D eigenvalue weighted by molar-refractivity contribution is 0.0951. The second kappa shape index (κ2) is 12.3. The monoisotopic (exact) mass is 610 g/mol. The van der Waals surface area contributed by atoms with E-state index in [0.29, 0.717) is 16.7 Å². The first kappa shape index (κ1) is 29.2. The largest absolute Gasteiger partial charge is 0.349 e. The molecule has 8 nitrogen and oxygen atoms in total. The molecule has 0 unspecified atom stereocenters. The lowest BCUT2D eigenvalue weighted by atomic mass is 9.94. The van der Waals surface area contributed by atoms with E-state index in [9.17, 15) is 26.8 Å². The lowest BCUT2D eigenvalue weighted by Gasteiger charge is -2.22. The van der Waals surface area contributed by atoms with Crippen LogP contribution in [0.1, 0.15) is 40.5 Å². The van der Waals surface area contributed by atoms with Crippen molar-refractivity contribution in [2.45, 2.75) is 36.2 Å². The van der Waals surface area contributed by atoms with Crippen LogP contribution in [0.4, 0.5) is 13.6 Å². The summed E-state index contributed by atoms with van der Waals surface area (Å²) in [5.41, 5.74) is 2.03. The Bertz CT molecular complexity index is 1750. The van der Waals surface area contributed by atoms with E-state index in [1.54, 1.807) is 42.5 Å². The number of rotatable bonds is 9. The Morgan fingerprint density at radius 2 is 1.69 bits per heavy atom. The molecule has 216 valence electrons. The third-order valence-electron chi connectivity index (χ3n) is 6.54. The molecule has 12 heteroatoms. The van der Waals surface area contributed by atoms with E-state index in [-0.39, 0.29) is 39.5 Å². The predicted octanol–water partition coefficient (Wildman–Crippen LogP) is 5.54. The molecule has 0 bridgehead atoms. The molecule has 42 heavy (non-hydrogen) atoms. The van der Waals surface area contributed by atoms with E-state index in [1.165, 1.54) is 24.4 Å². The number of carbonyl (C=O) groups excluding carboxylic acids is 2. The van der Waals surface area contributed by atoms with Crippen LogP contribution in [0.3, 0.4) is 0 Å². The first-order chi connectivity index (χ1) is 20.1. The molecule has 0 spiro atoms. The van der Waals surface area contributed by atoms with Gasteiger partial charge in [0.05, 0.1) is 16.8 Å². The molecule has 1 heterocycles. The maximum absolute atomic E-state index is 14.1. The fourth-order valence-electron chi connectivity index (χ4n) is 4.47. The van der Waals surface area contributed by atoms with Gasteiger partial charge < -0.3 is 10.6 Å². The van der Waals surface area contributed by atoms with Crippen molar-refractivity contribution in [3.05, 3.63) is 119 Å². The molecule has 3 amide bonds. The third kappa shape index (κ3) is 7.10. The number of benzene rings is 3. The average molecular weight is 611 g/mol.